The lowest BCUT2D eigenvalue weighted by atomic mass is 10.1. The van der Waals surface area contributed by atoms with Crippen molar-refractivity contribution in [3.8, 4) is 0 Å². The van der Waals surface area contributed by atoms with E-state index in [0.29, 0.717) is 23.7 Å². The SMILES string of the molecule is CC1CC1C(=O)Nc1cccc(C(=O)NCCc2ccc(N)cc2)c1. The zero-order chi connectivity index (χ0) is 17.8. The van der Waals surface area contributed by atoms with Gasteiger partial charge in [0.25, 0.3) is 5.91 Å². The average Bonchev–Trinajstić information content (AvgIpc) is 3.34. The Balaban J connectivity index is 1.52. The molecule has 1 saturated carbocycles. The van der Waals surface area contributed by atoms with Crippen molar-refractivity contribution in [1.82, 2.24) is 5.32 Å². The minimum Gasteiger partial charge on any atom is -0.399 e. The lowest BCUT2D eigenvalue weighted by Gasteiger charge is -2.08. The van der Waals surface area contributed by atoms with Gasteiger partial charge >= 0.3 is 0 Å². The second-order valence-electron chi connectivity index (χ2n) is 6.64. The van der Waals surface area contributed by atoms with Gasteiger partial charge in [-0.2, -0.15) is 0 Å². The van der Waals surface area contributed by atoms with Crippen LogP contribution >= 0.6 is 0 Å². The number of rotatable bonds is 6. The highest BCUT2D eigenvalue weighted by atomic mass is 16.2. The molecule has 5 heteroatoms. The first-order valence-corrected chi connectivity index (χ1v) is 8.56. The summed E-state index contributed by atoms with van der Waals surface area (Å²) in [7, 11) is 0. The Morgan fingerprint density at radius 2 is 1.88 bits per heavy atom. The number of amides is 2. The van der Waals surface area contributed by atoms with Gasteiger partial charge in [-0.1, -0.05) is 25.1 Å². The third-order valence-corrected chi connectivity index (χ3v) is 4.52. The number of hydrogen-bond acceptors (Lipinski definition) is 3. The summed E-state index contributed by atoms with van der Waals surface area (Å²) in [5.41, 5.74) is 8.71. The highest BCUT2D eigenvalue weighted by Gasteiger charge is 2.39. The summed E-state index contributed by atoms with van der Waals surface area (Å²) in [5.74, 6) is 0.456. The minimum atomic E-state index is -0.147. The summed E-state index contributed by atoms with van der Waals surface area (Å²) < 4.78 is 0. The van der Waals surface area contributed by atoms with Crippen molar-refractivity contribution in [2.75, 3.05) is 17.6 Å². The first-order chi connectivity index (χ1) is 12.0. The van der Waals surface area contributed by atoms with Crippen LogP contribution in [0.25, 0.3) is 0 Å². The van der Waals surface area contributed by atoms with Crippen LogP contribution in [0.4, 0.5) is 11.4 Å². The molecule has 3 rings (SSSR count). The fourth-order valence-electron chi connectivity index (χ4n) is 2.77. The van der Waals surface area contributed by atoms with Crippen LogP contribution in [0.15, 0.2) is 48.5 Å². The maximum Gasteiger partial charge on any atom is 0.251 e. The summed E-state index contributed by atoms with van der Waals surface area (Å²) in [6.45, 7) is 2.61. The van der Waals surface area contributed by atoms with E-state index in [0.717, 1.165) is 24.1 Å². The molecule has 130 valence electrons. The summed E-state index contributed by atoms with van der Waals surface area (Å²) >= 11 is 0. The molecule has 1 fully saturated rings. The number of anilines is 2. The zero-order valence-corrected chi connectivity index (χ0v) is 14.3. The number of carbonyl (C=O) groups is 2. The summed E-state index contributed by atoms with van der Waals surface area (Å²) in [5, 5.41) is 5.79. The number of nitrogens with two attached hydrogens (primary N) is 1. The quantitative estimate of drug-likeness (QED) is 0.709. The molecule has 0 aliphatic heterocycles. The molecule has 25 heavy (non-hydrogen) atoms. The van der Waals surface area contributed by atoms with Gasteiger partial charge in [0, 0.05) is 29.4 Å². The lowest BCUT2D eigenvalue weighted by molar-refractivity contribution is -0.117. The molecule has 1 aliphatic carbocycles. The fourth-order valence-corrected chi connectivity index (χ4v) is 2.77. The molecule has 0 radical (unpaired) electrons. The lowest BCUT2D eigenvalue weighted by Crippen LogP contribution is -2.25. The van der Waals surface area contributed by atoms with Crippen molar-refractivity contribution in [3.05, 3.63) is 59.7 Å². The van der Waals surface area contributed by atoms with Crippen LogP contribution in [0.3, 0.4) is 0 Å². The Kier molecular flexibility index (Phi) is 5.03. The van der Waals surface area contributed by atoms with Gasteiger partial charge in [-0.3, -0.25) is 9.59 Å². The minimum absolute atomic E-state index is 0.0356. The van der Waals surface area contributed by atoms with Gasteiger partial charge in [0.2, 0.25) is 5.91 Å². The van der Waals surface area contributed by atoms with Crippen molar-refractivity contribution < 1.29 is 9.59 Å². The molecule has 5 nitrogen and oxygen atoms in total. The van der Waals surface area contributed by atoms with Gasteiger partial charge in [0.05, 0.1) is 0 Å². The molecule has 0 bridgehead atoms. The molecule has 0 heterocycles. The van der Waals surface area contributed by atoms with Gasteiger partial charge in [0.15, 0.2) is 0 Å². The monoisotopic (exact) mass is 337 g/mol. The normalized spacial score (nSPS) is 18.4. The molecule has 0 saturated heterocycles. The van der Waals surface area contributed by atoms with Crippen LogP contribution in [0, 0.1) is 11.8 Å². The van der Waals surface area contributed by atoms with Gasteiger partial charge in [-0.15, -0.1) is 0 Å². The van der Waals surface area contributed by atoms with Gasteiger partial charge in [-0.25, -0.2) is 0 Å². The Bertz CT molecular complexity index is 771. The molecule has 2 aromatic carbocycles. The van der Waals surface area contributed by atoms with E-state index in [9.17, 15) is 9.59 Å². The van der Waals surface area contributed by atoms with E-state index >= 15 is 0 Å². The molecule has 0 aromatic heterocycles. The third-order valence-electron chi connectivity index (χ3n) is 4.52. The maximum atomic E-state index is 12.3. The van der Waals surface area contributed by atoms with Crippen LogP contribution in [0.1, 0.15) is 29.3 Å². The zero-order valence-electron chi connectivity index (χ0n) is 14.3. The number of hydrogen-bond donors (Lipinski definition) is 3. The Hall–Kier alpha value is -2.82. The maximum absolute atomic E-state index is 12.3. The molecule has 2 aromatic rings. The van der Waals surface area contributed by atoms with E-state index in [-0.39, 0.29) is 17.7 Å². The van der Waals surface area contributed by atoms with Gasteiger partial charge in [0.1, 0.15) is 0 Å². The highest BCUT2D eigenvalue weighted by molar-refractivity contribution is 5.98. The topological polar surface area (TPSA) is 84.2 Å². The average molecular weight is 337 g/mol. The highest BCUT2D eigenvalue weighted by Crippen LogP contribution is 2.38. The first kappa shape index (κ1) is 17.0. The smallest absolute Gasteiger partial charge is 0.251 e. The van der Waals surface area contributed by atoms with Crippen LogP contribution in [-0.2, 0) is 11.2 Å². The second-order valence-corrected chi connectivity index (χ2v) is 6.64. The standard InChI is InChI=1S/C20H23N3O2/c1-13-11-18(13)20(25)23-17-4-2-3-15(12-17)19(24)22-10-9-14-5-7-16(21)8-6-14/h2-8,12-13,18H,9-11,21H2,1H3,(H,22,24)(H,23,25). The number of nitrogens with one attached hydrogen (secondary N) is 2. The fraction of sp³-hybridized carbons (Fsp3) is 0.300. The van der Waals surface area contributed by atoms with E-state index in [1.807, 2.05) is 24.3 Å². The van der Waals surface area contributed by atoms with E-state index in [4.69, 9.17) is 5.73 Å². The van der Waals surface area contributed by atoms with E-state index in [1.165, 1.54) is 0 Å². The molecular weight excluding hydrogens is 314 g/mol. The van der Waals surface area contributed by atoms with Crippen LogP contribution in [0.2, 0.25) is 0 Å². The molecule has 4 N–H and O–H groups in total. The van der Waals surface area contributed by atoms with Crippen LogP contribution < -0.4 is 16.4 Å². The Labute approximate surface area is 147 Å². The van der Waals surface area contributed by atoms with Gasteiger partial charge in [-0.05, 0) is 54.7 Å². The number of nitrogen functional groups attached to an aromatic ring is 1. The van der Waals surface area contributed by atoms with Crippen molar-refractivity contribution in [2.45, 2.75) is 19.8 Å². The Morgan fingerprint density at radius 3 is 2.56 bits per heavy atom. The number of benzene rings is 2. The third kappa shape index (κ3) is 4.59. The van der Waals surface area contributed by atoms with Crippen molar-refractivity contribution in [3.63, 3.8) is 0 Å². The summed E-state index contributed by atoms with van der Waals surface area (Å²) in [4.78, 5) is 24.3. The number of carbonyl (C=O) groups excluding carboxylic acids is 2. The first-order valence-electron chi connectivity index (χ1n) is 8.56. The van der Waals surface area contributed by atoms with Crippen molar-refractivity contribution in [1.29, 1.82) is 0 Å². The van der Waals surface area contributed by atoms with Gasteiger partial charge < -0.3 is 16.4 Å². The molecule has 2 atom stereocenters. The van der Waals surface area contributed by atoms with E-state index < -0.39 is 0 Å². The van der Waals surface area contributed by atoms with Crippen molar-refractivity contribution >= 4 is 23.2 Å². The predicted molar refractivity (Wildman–Crippen MR) is 99.2 cm³/mol. The van der Waals surface area contributed by atoms with Crippen LogP contribution in [-0.4, -0.2) is 18.4 Å². The van der Waals surface area contributed by atoms with Crippen molar-refractivity contribution in [2.24, 2.45) is 11.8 Å². The summed E-state index contributed by atoms with van der Waals surface area (Å²) in [6.07, 6.45) is 1.68. The van der Waals surface area contributed by atoms with E-state index in [2.05, 4.69) is 17.6 Å². The second kappa shape index (κ2) is 7.38. The van der Waals surface area contributed by atoms with Crippen LogP contribution in [0.5, 0.6) is 0 Å². The molecule has 2 amide bonds. The molecular formula is C20H23N3O2. The van der Waals surface area contributed by atoms with E-state index in [1.54, 1.807) is 24.3 Å². The largest absolute Gasteiger partial charge is 0.399 e. The molecule has 1 aliphatic rings. The summed E-state index contributed by atoms with van der Waals surface area (Å²) in [6, 6.07) is 14.6. The molecule has 0 spiro atoms. The molecule has 2 unspecified atom stereocenters. The Morgan fingerprint density at radius 1 is 1.16 bits per heavy atom. The predicted octanol–water partition coefficient (Wildman–Crippen LogP) is 2.84.